The van der Waals surface area contributed by atoms with Gasteiger partial charge in [-0.15, -0.1) is 0 Å². The molecule has 3 aromatic carbocycles. The van der Waals surface area contributed by atoms with Crippen molar-refractivity contribution in [1.29, 1.82) is 0 Å². The van der Waals surface area contributed by atoms with Gasteiger partial charge in [-0.05, 0) is 29.0 Å². The van der Waals surface area contributed by atoms with Crippen LogP contribution < -0.4 is 20.1 Å². The van der Waals surface area contributed by atoms with E-state index in [0.29, 0.717) is 18.0 Å². The van der Waals surface area contributed by atoms with E-state index in [-0.39, 0.29) is 25.0 Å². The molecule has 0 aliphatic heterocycles. The number of methoxy groups -OCH3 is 1. The number of ether oxygens (including phenoxy) is 2. The fourth-order valence-electron chi connectivity index (χ4n) is 2.83. The molecule has 2 amide bonds. The van der Waals surface area contributed by atoms with Crippen LogP contribution in [0.25, 0.3) is 10.8 Å². The van der Waals surface area contributed by atoms with Crippen LogP contribution in [0.5, 0.6) is 11.5 Å². The highest BCUT2D eigenvalue weighted by Gasteiger charge is 2.11. The van der Waals surface area contributed by atoms with Crippen molar-refractivity contribution < 1.29 is 19.1 Å². The van der Waals surface area contributed by atoms with Gasteiger partial charge in [-0.1, -0.05) is 48.5 Å². The molecule has 0 bridgehead atoms. The Morgan fingerprint density at radius 1 is 0.857 bits per heavy atom. The van der Waals surface area contributed by atoms with Crippen LogP contribution in [0.15, 0.2) is 66.7 Å². The molecule has 0 aliphatic carbocycles. The minimum absolute atomic E-state index is 0.121. The van der Waals surface area contributed by atoms with Crippen LogP contribution >= 0.6 is 0 Å². The van der Waals surface area contributed by atoms with Gasteiger partial charge in [-0.25, -0.2) is 0 Å². The molecule has 2 N–H and O–H groups in total. The largest absolute Gasteiger partial charge is 0.496 e. The first-order valence-corrected chi connectivity index (χ1v) is 8.93. The first-order valence-electron chi connectivity index (χ1n) is 8.93. The molecule has 0 fully saturated rings. The predicted molar refractivity (Wildman–Crippen MR) is 107 cm³/mol. The number of para-hydroxylation sites is 1. The maximum atomic E-state index is 12.1. The van der Waals surface area contributed by atoms with Crippen molar-refractivity contribution in [3.8, 4) is 11.5 Å². The molecule has 0 radical (unpaired) electrons. The van der Waals surface area contributed by atoms with Crippen LogP contribution in [0, 0.1) is 0 Å². The van der Waals surface area contributed by atoms with Crippen LogP contribution in [-0.4, -0.2) is 32.1 Å². The van der Waals surface area contributed by atoms with Crippen molar-refractivity contribution in [1.82, 2.24) is 10.6 Å². The first kappa shape index (κ1) is 19.2. The Morgan fingerprint density at radius 2 is 1.61 bits per heavy atom. The maximum absolute atomic E-state index is 12.1. The fourth-order valence-corrected chi connectivity index (χ4v) is 2.83. The number of rotatable bonds is 8. The minimum Gasteiger partial charge on any atom is -0.496 e. The minimum atomic E-state index is -0.359. The topological polar surface area (TPSA) is 76.7 Å². The molecule has 6 nitrogen and oxygen atoms in total. The Labute approximate surface area is 163 Å². The monoisotopic (exact) mass is 378 g/mol. The lowest BCUT2D eigenvalue weighted by Crippen LogP contribution is -2.38. The van der Waals surface area contributed by atoms with Gasteiger partial charge in [0, 0.05) is 12.1 Å². The van der Waals surface area contributed by atoms with Crippen molar-refractivity contribution in [2.45, 2.75) is 6.54 Å². The molecule has 6 heteroatoms. The fraction of sp³-hybridized carbons (Fsp3) is 0.182. The molecule has 0 aromatic heterocycles. The van der Waals surface area contributed by atoms with Crippen LogP contribution in [0.1, 0.15) is 5.56 Å². The van der Waals surface area contributed by atoms with Crippen molar-refractivity contribution >= 4 is 22.6 Å². The van der Waals surface area contributed by atoms with E-state index in [2.05, 4.69) is 10.6 Å². The molecule has 3 aromatic rings. The average molecular weight is 378 g/mol. The third kappa shape index (κ3) is 5.01. The Morgan fingerprint density at radius 3 is 2.39 bits per heavy atom. The molecule has 0 heterocycles. The van der Waals surface area contributed by atoms with Crippen LogP contribution in [0.3, 0.4) is 0 Å². The second-order valence-electron chi connectivity index (χ2n) is 6.12. The third-order valence-corrected chi connectivity index (χ3v) is 4.24. The van der Waals surface area contributed by atoms with Gasteiger partial charge in [0.05, 0.1) is 13.7 Å². The highest BCUT2D eigenvalue weighted by Crippen LogP contribution is 2.27. The van der Waals surface area contributed by atoms with Gasteiger partial charge in [-0.3, -0.25) is 9.59 Å². The highest BCUT2D eigenvalue weighted by atomic mass is 16.5. The average Bonchev–Trinajstić information content (AvgIpc) is 2.75. The van der Waals surface area contributed by atoms with Gasteiger partial charge in [0.25, 0.3) is 5.91 Å². The van der Waals surface area contributed by atoms with Crippen LogP contribution in [0.2, 0.25) is 0 Å². The molecule has 0 atom stereocenters. The second kappa shape index (κ2) is 9.41. The summed E-state index contributed by atoms with van der Waals surface area (Å²) < 4.78 is 10.8. The summed E-state index contributed by atoms with van der Waals surface area (Å²) in [4.78, 5) is 24.0. The Bertz CT molecular complexity index is 957. The number of hydrogen-bond acceptors (Lipinski definition) is 4. The number of nitrogens with one attached hydrogen (secondary N) is 2. The van der Waals surface area contributed by atoms with Gasteiger partial charge in [-0.2, -0.15) is 0 Å². The van der Waals surface area contributed by atoms with E-state index in [1.54, 1.807) is 19.2 Å². The van der Waals surface area contributed by atoms with E-state index in [1.807, 2.05) is 54.6 Å². The predicted octanol–water partition coefficient (Wildman–Crippen LogP) is 2.66. The third-order valence-electron chi connectivity index (χ3n) is 4.24. The summed E-state index contributed by atoms with van der Waals surface area (Å²) in [5, 5.41) is 7.45. The standard InChI is InChI=1S/C22H22N2O4/c1-27-20-12-11-16-7-5-6-10-18(16)19(20)13-23-21(25)14-24-22(26)15-28-17-8-3-2-4-9-17/h2-12H,13-15H2,1H3,(H,23,25)(H,24,26). The lowest BCUT2D eigenvalue weighted by atomic mass is 10.0. The summed E-state index contributed by atoms with van der Waals surface area (Å²) in [6, 6.07) is 20.8. The summed E-state index contributed by atoms with van der Waals surface area (Å²) in [5.41, 5.74) is 0.896. The summed E-state index contributed by atoms with van der Waals surface area (Å²) in [5.74, 6) is 0.661. The molecule has 0 aliphatic rings. The molecule has 0 unspecified atom stereocenters. The Balaban J connectivity index is 1.50. The molecule has 0 spiro atoms. The van der Waals surface area contributed by atoms with E-state index < -0.39 is 0 Å². The summed E-state index contributed by atoms with van der Waals surface area (Å²) in [7, 11) is 1.60. The lowest BCUT2D eigenvalue weighted by Gasteiger charge is -2.13. The lowest BCUT2D eigenvalue weighted by molar-refractivity contribution is -0.127. The van der Waals surface area contributed by atoms with E-state index in [0.717, 1.165) is 16.3 Å². The van der Waals surface area contributed by atoms with Crippen molar-refractivity contribution in [2.24, 2.45) is 0 Å². The molecule has 144 valence electrons. The normalized spacial score (nSPS) is 10.3. The van der Waals surface area contributed by atoms with Gasteiger partial charge < -0.3 is 20.1 Å². The molecule has 0 saturated heterocycles. The Kier molecular flexibility index (Phi) is 6.46. The summed E-state index contributed by atoms with van der Waals surface area (Å²) in [6.45, 7) is 0.0399. The van der Waals surface area contributed by atoms with Gasteiger partial charge in [0.2, 0.25) is 5.91 Å². The number of amides is 2. The number of fused-ring (bicyclic) bond motifs is 1. The molecule has 28 heavy (non-hydrogen) atoms. The summed E-state index contributed by atoms with van der Waals surface area (Å²) in [6.07, 6.45) is 0. The maximum Gasteiger partial charge on any atom is 0.258 e. The van der Waals surface area contributed by atoms with Crippen LogP contribution in [-0.2, 0) is 16.1 Å². The Hall–Kier alpha value is -3.54. The molecule has 3 rings (SSSR count). The summed E-state index contributed by atoms with van der Waals surface area (Å²) >= 11 is 0. The van der Waals surface area contributed by atoms with E-state index in [1.165, 1.54) is 0 Å². The molecule has 0 saturated carbocycles. The number of hydrogen-bond donors (Lipinski definition) is 2. The zero-order chi connectivity index (χ0) is 19.8. The smallest absolute Gasteiger partial charge is 0.258 e. The molecular formula is C22H22N2O4. The number of carbonyl (C=O) groups excluding carboxylic acids is 2. The van der Waals surface area contributed by atoms with Gasteiger partial charge in [0.15, 0.2) is 6.61 Å². The van der Waals surface area contributed by atoms with Crippen LogP contribution in [0.4, 0.5) is 0 Å². The quantitative estimate of drug-likeness (QED) is 0.632. The molecular weight excluding hydrogens is 356 g/mol. The van der Waals surface area contributed by atoms with E-state index in [9.17, 15) is 9.59 Å². The van der Waals surface area contributed by atoms with E-state index >= 15 is 0 Å². The second-order valence-corrected chi connectivity index (χ2v) is 6.12. The van der Waals surface area contributed by atoms with Crippen molar-refractivity contribution in [2.75, 3.05) is 20.3 Å². The van der Waals surface area contributed by atoms with Gasteiger partial charge in [0.1, 0.15) is 11.5 Å². The van der Waals surface area contributed by atoms with E-state index in [4.69, 9.17) is 9.47 Å². The first-order chi connectivity index (χ1) is 13.7. The van der Waals surface area contributed by atoms with Crippen molar-refractivity contribution in [3.05, 3.63) is 72.3 Å². The number of benzene rings is 3. The zero-order valence-electron chi connectivity index (χ0n) is 15.6. The zero-order valence-corrected chi connectivity index (χ0v) is 15.6. The highest BCUT2D eigenvalue weighted by molar-refractivity contribution is 5.89. The van der Waals surface area contributed by atoms with Gasteiger partial charge >= 0.3 is 0 Å². The number of carbonyl (C=O) groups is 2. The SMILES string of the molecule is COc1ccc2ccccc2c1CNC(=O)CNC(=O)COc1ccccc1. The van der Waals surface area contributed by atoms with Crippen molar-refractivity contribution in [3.63, 3.8) is 0 Å².